The lowest BCUT2D eigenvalue weighted by molar-refractivity contribution is 1.11. The number of hydrogen-bond acceptors (Lipinski definition) is 4. The molecule has 136 valence electrons. The Balaban J connectivity index is 1.89. The summed E-state index contributed by atoms with van der Waals surface area (Å²) in [6, 6.07) is 15.0. The highest BCUT2D eigenvalue weighted by atomic mass is 32.2. The van der Waals surface area contributed by atoms with Gasteiger partial charge in [0.25, 0.3) is 0 Å². The van der Waals surface area contributed by atoms with E-state index in [1.54, 1.807) is 24.2 Å². The van der Waals surface area contributed by atoms with Crippen molar-refractivity contribution in [1.29, 1.82) is 0 Å². The van der Waals surface area contributed by atoms with Crippen molar-refractivity contribution in [2.45, 2.75) is 25.2 Å². The summed E-state index contributed by atoms with van der Waals surface area (Å²) in [4.78, 5) is 10.3. The highest BCUT2D eigenvalue weighted by Gasteiger charge is 2.16. The van der Waals surface area contributed by atoms with Crippen LogP contribution in [0.25, 0.3) is 16.9 Å². The van der Waals surface area contributed by atoms with Crippen molar-refractivity contribution >= 4 is 28.9 Å². The molecule has 0 aliphatic rings. The molecule has 2 aromatic heterocycles. The van der Waals surface area contributed by atoms with E-state index in [1.807, 2.05) is 6.20 Å². The van der Waals surface area contributed by atoms with E-state index in [4.69, 9.17) is 4.98 Å². The molecule has 0 unspecified atom stereocenters. The lowest BCUT2D eigenvalue weighted by Gasteiger charge is -2.15. The van der Waals surface area contributed by atoms with Gasteiger partial charge in [-0.1, -0.05) is 37.3 Å². The lowest BCUT2D eigenvalue weighted by atomic mass is 10.1. The molecule has 1 N–H and O–H groups in total. The maximum Gasteiger partial charge on any atom is 0.157 e. The Labute approximate surface area is 163 Å². The molecule has 27 heavy (non-hydrogen) atoms. The zero-order valence-electron chi connectivity index (χ0n) is 15.7. The number of imidazole rings is 1. The van der Waals surface area contributed by atoms with E-state index in [-0.39, 0.29) is 0 Å². The third kappa shape index (κ3) is 3.30. The molecule has 0 amide bonds. The van der Waals surface area contributed by atoms with Gasteiger partial charge in [0, 0.05) is 28.5 Å². The Morgan fingerprint density at radius 3 is 2.67 bits per heavy atom. The van der Waals surface area contributed by atoms with Gasteiger partial charge in [-0.25, -0.2) is 4.98 Å². The predicted octanol–water partition coefficient (Wildman–Crippen LogP) is 5.73. The molecule has 0 saturated carbocycles. The monoisotopic (exact) mass is 374 g/mol. The number of para-hydroxylation sites is 1. The lowest BCUT2D eigenvalue weighted by Crippen LogP contribution is -2.02. The fraction of sp³-hybridized carbons (Fsp3) is 0.182. The normalized spacial score (nSPS) is 11.1. The van der Waals surface area contributed by atoms with Gasteiger partial charge in [-0.15, -0.1) is 11.8 Å². The van der Waals surface area contributed by atoms with Crippen LogP contribution in [-0.2, 0) is 6.42 Å². The molecule has 0 spiro atoms. The molecule has 0 aliphatic heterocycles. The van der Waals surface area contributed by atoms with Gasteiger partial charge in [0.05, 0.1) is 6.20 Å². The summed E-state index contributed by atoms with van der Waals surface area (Å²) in [5.41, 5.74) is 6.52. The topological polar surface area (TPSA) is 42.2 Å². The van der Waals surface area contributed by atoms with Crippen LogP contribution in [0.4, 0.5) is 11.5 Å². The van der Waals surface area contributed by atoms with Crippen LogP contribution < -0.4 is 5.32 Å². The fourth-order valence-corrected chi connectivity index (χ4v) is 3.71. The zero-order valence-corrected chi connectivity index (χ0v) is 16.5. The molecule has 4 aromatic rings. The van der Waals surface area contributed by atoms with Crippen LogP contribution >= 0.6 is 11.8 Å². The maximum absolute atomic E-state index is 4.85. The summed E-state index contributed by atoms with van der Waals surface area (Å²) in [5, 5.41) is 3.68. The third-order valence-corrected chi connectivity index (χ3v) is 5.52. The van der Waals surface area contributed by atoms with Crippen molar-refractivity contribution in [1.82, 2.24) is 14.4 Å². The molecule has 4 nitrogen and oxygen atoms in total. The zero-order chi connectivity index (χ0) is 18.8. The van der Waals surface area contributed by atoms with Crippen LogP contribution in [0.15, 0.2) is 66.0 Å². The van der Waals surface area contributed by atoms with E-state index in [1.165, 1.54) is 16.0 Å². The number of aromatic nitrogens is 3. The first-order valence-corrected chi connectivity index (χ1v) is 10.3. The molecule has 0 aliphatic carbocycles. The molecule has 0 bridgehead atoms. The molecule has 0 saturated heterocycles. The first-order valence-electron chi connectivity index (χ1n) is 9.03. The summed E-state index contributed by atoms with van der Waals surface area (Å²) in [6.07, 6.45) is 8.60. The number of anilines is 2. The van der Waals surface area contributed by atoms with E-state index in [0.717, 1.165) is 34.8 Å². The third-order valence-electron chi connectivity index (χ3n) is 4.78. The van der Waals surface area contributed by atoms with Crippen LogP contribution in [0.1, 0.15) is 18.1 Å². The second-order valence-electron chi connectivity index (χ2n) is 6.43. The molecule has 0 fully saturated rings. The number of rotatable bonds is 5. The summed E-state index contributed by atoms with van der Waals surface area (Å²) in [5.74, 6) is 0.966. The van der Waals surface area contributed by atoms with E-state index >= 15 is 0 Å². The largest absolute Gasteiger partial charge is 0.339 e. The van der Waals surface area contributed by atoms with Gasteiger partial charge in [-0.05, 0) is 42.9 Å². The van der Waals surface area contributed by atoms with E-state index in [2.05, 4.69) is 77.3 Å². The van der Waals surface area contributed by atoms with Gasteiger partial charge in [0.1, 0.15) is 11.5 Å². The number of fused-ring (bicyclic) bond motifs is 1. The number of nitrogens with zero attached hydrogens (tertiary/aromatic N) is 3. The second-order valence-corrected chi connectivity index (χ2v) is 7.31. The van der Waals surface area contributed by atoms with Crippen LogP contribution in [0.3, 0.4) is 0 Å². The van der Waals surface area contributed by atoms with E-state index in [9.17, 15) is 0 Å². The van der Waals surface area contributed by atoms with Gasteiger partial charge in [-0.2, -0.15) is 0 Å². The molecular formula is C22H22N4S. The Bertz CT molecular complexity index is 1080. The number of nitrogens with one attached hydrogen (secondary N) is 1. The standard InChI is InChI=1S/C22H22N4S/c1-4-16-7-5-6-15(2)20(16)25-22-21(17-8-10-18(27-3)11-9-17)24-19-14-23-12-13-26(19)22/h5-14,25H,4H2,1-3H3. The number of hydrogen-bond donors (Lipinski definition) is 1. The van der Waals surface area contributed by atoms with E-state index in [0.29, 0.717) is 0 Å². The molecule has 4 rings (SSSR count). The second kappa shape index (κ2) is 7.45. The van der Waals surface area contributed by atoms with Crippen LogP contribution in [0.2, 0.25) is 0 Å². The minimum atomic E-state index is 0.829. The van der Waals surface area contributed by atoms with Crippen molar-refractivity contribution in [3.63, 3.8) is 0 Å². The highest BCUT2D eigenvalue weighted by Crippen LogP contribution is 2.34. The van der Waals surface area contributed by atoms with Crippen LogP contribution in [-0.4, -0.2) is 20.6 Å². The van der Waals surface area contributed by atoms with Gasteiger partial charge in [0.15, 0.2) is 5.65 Å². The van der Waals surface area contributed by atoms with Crippen molar-refractivity contribution in [3.8, 4) is 11.3 Å². The van der Waals surface area contributed by atoms with Crippen molar-refractivity contribution in [2.75, 3.05) is 11.6 Å². The number of benzene rings is 2. The minimum absolute atomic E-state index is 0.829. The molecular weight excluding hydrogens is 352 g/mol. The maximum atomic E-state index is 4.85. The Hall–Kier alpha value is -2.79. The van der Waals surface area contributed by atoms with Gasteiger partial charge >= 0.3 is 0 Å². The minimum Gasteiger partial charge on any atom is -0.339 e. The van der Waals surface area contributed by atoms with Crippen LogP contribution in [0.5, 0.6) is 0 Å². The number of aryl methyl sites for hydroxylation is 2. The predicted molar refractivity (Wildman–Crippen MR) is 114 cm³/mol. The van der Waals surface area contributed by atoms with Crippen LogP contribution in [0, 0.1) is 6.92 Å². The molecule has 5 heteroatoms. The Morgan fingerprint density at radius 2 is 1.93 bits per heavy atom. The van der Waals surface area contributed by atoms with Crippen molar-refractivity contribution < 1.29 is 0 Å². The molecule has 0 radical (unpaired) electrons. The van der Waals surface area contributed by atoms with Crippen molar-refractivity contribution in [2.24, 2.45) is 0 Å². The van der Waals surface area contributed by atoms with Gasteiger partial charge in [0.2, 0.25) is 0 Å². The number of thioether (sulfide) groups is 1. The SMILES string of the molecule is CCc1cccc(C)c1Nc1c(-c2ccc(SC)cc2)nc2cnccn12. The van der Waals surface area contributed by atoms with Crippen molar-refractivity contribution in [3.05, 3.63) is 72.2 Å². The Kier molecular flexibility index (Phi) is 4.86. The Morgan fingerprint density at radius 1 is 1.11 bits per heavy atom. The first kappa shape index (κ1) is 17.6. The summed E-state index contributed by atoms with van der Waals surface area (Å²) >= 11 is 1.74. The quantitative estimate of drug-likeness (QED) is 0.453. The fourth-order valence-electron chi connectivity index (χ4n) is 3.30. The average Bonchev–Trinajstić information content (AvgIpc) is 3.08. The molecule has 2 heterocycles. The molecule has 0 atom stereocenters. The van der Waals surface area contributed by atoms with E-state index < -0.39 is 0 Å². The smallest absolute Gasteiger partial charge is 0.157 e. The van der Waals surface area contributed by atoms with Gasteiger partial charge in [-0.3, -0.25) is 9.38 Å². The summed E-state index contributed by atoms with van der Waals surface area (Å²) in [6.45, 7) is 4.32. The summed E-state index contributed by atoms with van der Waals surface area (Å²) < 4.78 is 2.07. The van der Waals surface area contributed by atoms with Gasteiger partial charge < -0.3 is 5.32 Å². The first-order chi connectivity index (χ1) is 13.2. The average molecular weight is 375 g/mol. The molecule has 2 aromatic carbocycles. The summed E-state index contributed by atoms with van der Waals surface area (Å²) in [7, 11) is 0. The highest BCUT2D eigenvalue weighted by molar-refractivity contribution is 7.98.